The smallest absolute Gasteiger partial charge is 0.312 e. The quantitative estimate of drug-likeness (QED) is 0.0349. The number of likely N-dealkylation sites (N-methyl/N-ethyl adjacent to an activating group) is 2. The number of ketones is 3. The van der Waals surface area contributed by atoms with E-state index in [1.807, 2.05) is 97.8 Å². The minimum atomic E-state index is -0.910. The third-order valence-corrected chi connectivity index (χ3v) is 21.0. The van der Waals surface area contributed by atoms with Crippen LogP contribution in [0.4, 0.5) is 10.5 Å². The molecule has 27 heteroatoms. The first-order valence-corrected chi connectivity index (χ1v) is 38.6. The van der Waals surface area contributed by atoms with Crippen LogP contribution in [-0.2, 0) is 89.3 Å². The maximum Gasteiger partial charge on any atom is 0.312 e. The van der Waals surface area contributed by atoms with E-state index >= 15 is 0 Å². The van der Waals surface area contributed by atoms with E-state index in [1.165, 1.54) is 7.11 Å². The topological polar surface area (TPSA) is 350 Å². The lowest BCUT2D eigenvalue weighted by Gasteiger charge is -2.41. The van der Waals surface area contributed by atoms with Crippen molar-refractivity contribution < 1.29 is 86.3 Å². The van der Waals surface area contributed by atoms with Gasteiger partial charge in [0.05, 0.1) is 108 Å². The van der Waals surface area contributed by atoms with Gasteiger partial charge in [0.15, 0.2) is 11.6 Å². The molecule has 0 spiro atoms. The predicted molar refractivity (Wildman–Crippen MR) is 407 cm³/mol. The van der Waals surface area contributed by atoms with E-state index in [-0.39, 0.29) is 168 Å². The second-order valence-electron chi connectivity index (χ2n) is 30.3. The SMILES string of the molecule is CC[C@H](C)[C@@H]([C@@H](CC(=O)N1CCC[C@H]1[C@H](OC)[C@@H](C)C(=O)C[C@@H](Cc1ccccc1)C(=O)NCc1ccc(NC(=O)[C@H](CCCNC(N)=O)CC(=O)[C@@H](NC(=O)CCOCCOCCOCCOCCC(=O)N2CCC(C(=O)O)CC2C)C(C)C)cc1)OC)N(C)C(=O)[C@@H](CC(=O)[C@H](C(C)C)N(C)C)C(C)C. The van der Waals surface area contributed by atoms with Crippen LogP contribution in [0.15, 0.2) is 54.6 Å². The number of nitrogens with one attached hydrogen (secondary N) is 4. The van der Waals surface area contributed by atoms with Crippen molar-refractivity contribution in [3.8, 4) is 0 Å². The van der Waals surface area contributed by atoms with Crippen LogP contribution in [0.25, 0.3) is 0 Å². The van der Waals surface area contributed by atoms with Gasteiger partial charge in [0, 0.05) is 109 Å². The fourth-order valence-electron chi connectivity index (χ4n) is 14.8. The number of carbonyl (C=O) groups excluding carboxylic acids is 10. The van der Waals surface area contributed by atoms with Crippen LogP contribution in [-0.4, -0.2) is 240 Å². The van der Waals surface area contributed by atoms with Gasteiger partial charge in [-0.15, -0.1) is 0 Å². The highest BCUT2D eigenvalue weighted by Crippen LogP contribution is 2.33. The third-order valence-electron chi connectivity index (χ3n) is 21.0. The molecule has 2 saturated heterocycles. The van der Waals surface area contributed by atoms with Gasteiger partial charge in [-0.25, -0.2) is 4.79 Å². The van der Waals surface area contributed by atoms with Crippen molar-refractivity contribution in [3.05, 3.63) is 65.7 Å². The first-order valence-electron chi connectivity index (χ1n) is 38.6. The molecule has 27 nitrogen and oxygen atoms in total. The summed E-state index contributed by atoms with van der Waals surface area (Å²) in [5.41, 5.74) is 7.29. The molecule has 8 amide bonds. The van der Waals surface area contributed by atoms with Crippen LogP contribution in [0.5, 0.6) is 0 Å². The zero-order chi connectivity index (χ0) is 79.4. The van der Waals surface area contributed by atoms with Gasteiger partial charge >= 0.3 is 12.0 Å². The Balaban J connectivity index is 1.31. The molecule has 2 aromatic carbocycles. The Kier molecular flexibility index (Phi) is 41.6. The number of carboxylic acids is 1. The molecular formula is C80H129N9O18. The summed E-state index contributed by atoms with van der Waals surface area (Å²) in [6.45, 7) is 22.3. The number of hydrogen-bond donors (Lipinski definition) is 6. The standard InChI is InChI=1S/C80H129N9O18/c1-16-54(8)74(87(13)78(98)63(51(2)3)48-67(92)73(53(6)7)86(11)12)68(102-14)49-71(95)89-34-21-25-64(89)75(103-15)56(10)65(90)47-61(45-57-22-18-17-19-23-57)76(96)83-50-58-26-28-62(29-27-58)84-77(97)59(24-20-33-82-80(81)101)46-66(91)72(52(4)5)85-69(93)31-36-104-38-40-106-42-43-107-41-39-105-37-32-70(94)88-35-30-60(79(99)100)44-55(88)9/h17-19,22-23,26-29,51-56,59-61,63-64,68,72-75H,16,20-21,24-25,30-50H2,1-15H3,(H,83,96)(H,84,97)(H,85,93)(H,99,100)(H3,81,82,101)/t54-,55?,56-,59+,60?,61+,63-,64-,68+,72-,73-,74-,75+/m0/s1. The van der Waals surface area contributed by atoms with Gasteiger partial charge in [-0.3, -0.25) is 52.8 Å². The van der Waals surface area contributed by atoms with Gasteiger partial charge in [0.25, 0.3) is 0 Å². The van der Waals surface area contributed by atoms with E-state index in [0.717, 1.165) is 5.56 Å². The van der Waals surface area contributed by atoms with Crippen molar-refractivity contribution in [1.29, 1.82) is 0 Å². The summed E-state index contributed by atoms with van der Waals surface area (Å²) in [6.07, 6.45) is 2.18. The number of nitrogens with two attached hydrogens (primary N) is 1. The van der Waals surface area contributed by atoms with E-state index in [9.17, 15) is 57.8 Å². The molecular weight excluding hydrogens is 1370 g/mol. The molecule has 2 aliphatic rings. The average molecular weight is 1500 g/mol. The summed E-state index contributed by atoms with van der Waals surface area (Å²) >= 11 is 0. The molecule has 2 fully saturated rings. The van der Waals surface area contributed by atoms with Crippen LogP contribution < -0.4 is 27.0 Å². The molecule has 2 aliphatic heterocycles. The monoisotopic (exact) mass is 1500 g/mol. The average Bonchev–Trinajstić information content (AvgIpc) is 1.79. The Hall–Kier alpha value is -7.27. The Bertz CT molecular complexity index is 3090. The molecule has 13 atom stereocenters. The molecule has 2 heterocycles. The molecule has 0 bridgehead atoms. The number of urea groups is 1. The number of hydrogen-bond acceptors (Lipinski definition) is 18. The molecule has 2 unspecified atom stereocenters. The highest BCUT2D eigenvalue weighted by molar-refractivity contribution is 5.97. The summed E-state index contributed by atoms with van der Waals surface area (Å²) in [6, 6.07) is 13.2. The number of carboxylic acid groups (broad SMARTS) is 1. The first kappa shape index (κ1) is 92.1. The number of carbonyl (C=O) groups is 11. The maximum atomic E-state index is 14.7. The zero-order valence-electron chi connectivity index (χ0n) is 66.6. The van der Waals surface area contributed by atoms with E-state index in [1.54, 1.807) is 73.9 Å². The molecule has 0 radical (unpaired) electrons. The maximum absolute atomic E-state index is 14.7. The number of ether oxygens (including phenoxy) is 6. The molecule has 4 rings (SSSR count). The van der Waals surface area contributed by atoms with Gasteiger partial charge in [0.1, 0.15) is 5.78 Å². The number of piperidine rings is 1. The Labute approximate surface area is 635 Å². The highest BCUT2D eigenvalue weighted by Gasteiger charge is 2.44. The molecule has 0 aromatic heterocycles. The number of rotatable bonds is 52. The van der Waals surface area contributed by atoms with E-state index in [2.05, 4.69) is 21.3 Å². The van der Waals surface area contributed by atoms with Crippen LogP contribution in [0.2, 0.25) is 0 Å². The lowest BCUT2D eigenvalue weighted by atomic mass is 9.83. The van der Waals surface area contributed by atoms with Gasteiger partial charge < -0.3 is 75.2 Å². The lowest BCUT2D eigenvalue weighted by molar-refractivity contribution is -0.149. The fourth-order valence-corrected chi connectivity index (χ4v) is 14.8. The minimum Gasteiger partial charge on any atom is -0.481 e. The second-order valence-corrected chi connectivity index (χ2v) is 30.3. The minimum absolute atomic E-state index is 0.0108. The van der Waals surface area contributed by atoms with Crippen LogP contribution >= 0.6 is 0 Å². The van der Waals surface area contributed by atoms with E-state index < -0.39 is 83.7 Å². The lowest BCUT2D eigenvalue weighted by Crippen LogP contribution is -2.54. The summed E-state index contributed by atoms with van der Waals surface area (Å²) in [7, 11) is 8.59. The van der Waals surface area contributed by atoms with Crippen LogP contribution in [0.3, 0.4) is 0 Å². The predicted octanol–water partition coefficient (Wildman–Crippen LogP) is 7.52. The van der Waals surface area contributed by atoms with Crippen molar-refractivity contribution in [2.75, 3.05) is 113 Å². The number of benzene rings is 2. The summed E-state index contributed by atoms with van der Waals surface area (Å²) in [5.74, 6) is -6.81. The van der Waals surface area contributed by atoms with Crippen molar-refractivity contribution in [1.82, 2.24) is 35.6 Å². The number of Topliss-reactive ketones (excluding diaryl/α,β-unsaturated/α-hetero) is 3. The molecule has 107 heavy (non-hydrogen) atoms. The van der Waals surface area contributed by atoms with Gasteiger partial charge in [-0.1, -0.05) is 111 Å². The first-order chi connectivity index (χ1) is 50.8. The van der Waals surface area contributed by atoms with Crippen molar-refractivity contribution in [2.24, 2.45) is 59.0 Å². The van der Waals surface area contributed by atoms with Gasteiger partial charge in [-0.05, 0) is 113 Å². The normalized spacial score (nSPS) is 18.2. The zero-order valence-corrected chi connectivity index (χ0v) is 66.6. The molecule has 7 N–H and O–H groups in total. The highest BCUT2D eigenvalue weighted by atomic mass is 16.6. The van der Waals surface area contributed by atoms with Crippen LogP contribution in [0, 0.1) is 53.3 Å². The molecule has 602 valence electrons. The number of aliphatic carboxylic acids is 1. The fraction of sp³-hybridized carbons (Fsp3) is 0.713. The van der Waals surface area contributed by atoms with E-state index in [0.29, 0.717) is 89.3 Å². The largest absolute Gasteiger partial charge is 0.481 e. The number of anilines is 1. The molecule has 0 aliphatic carbocycles. The molecule has 2 aromatic rings. The Morgan fingerprint density at radius 2 is 1.24 bits per heavy atom. The van der Waals surface area contributed by atoms with Gasteiger partial charge in [0.2, 0.25) is 35.4 Å². The summed E-state index contributed by atoms with van der Waals surface area (Å²) in [5, 5.41) is 20.6. The van der Waals surface area contributed by atoms with Crippen molar-refractivity contribution >= 4 is 70.5 Å². The van der Waals surface area contributed by atoms with Crippen LogP contribution in [0.1, 0.15) is 164 Å². The number of primary amides is 1. The Morgan fingerprint density at radius 1 is 0.636 bits per heavy atom. The summed E-state index contributed by atoms with van der Waals surface area (Å²) in [4.78, 5) is 156. The third kappa shape index (κ3) is 31.0. The molecule has 0 saturated carbocycles. The number of amides is 8. The van der Waals surface area contributed by atoms with E-state index in [4.69, 9.17) is 34.2 Å². The van der Waals surface area contributed by atoms with Crippen molar-refractivity contribution in [2.45, 2.75) is 208 Å². The second kappa shape index (κ2) is 48.3. The van der Waals surface area contributed by atoms with Crippen molar-refractivity contribution in [3.63, 3.8) is 0 Å². The number of nitrogens with zero attached hydrogens (tertiary/aromatic N) is 4. The number of likely N-dealkylation sites (tertiary alicyclic amines) is 2. The van der Waals surface area contributed by atoms with Gasteiger partial charge in [-0.2, -0.15) is 0 Å². The Morgan fingerprint density at radius 3 is 1.79 bits per heavy atom. The summed E-state index contributed by atoms with van der Waals surface area (Å²) < 4.78 is 34.5. The number of methoxy groups -OCH3 is 2.